The first-order valence-corrected chi connectivity index (χ1v) is 10.2. The highest BCUT2D eigenvalue weighted by Crippen LogP contribution is 2.42. The number of piperidine rings is 2. The fourth-order valence-corrected chi connectivity index (χ4v) is 4.64. The Kier molecular flexibility index (Phi) is 5.64. The molecule has 0 aliphatic carbocycles. The smallest absolute Gasteiger partial charge is 0.236 e. The number of hydrogen-bond donors (Lipinski definition) is 0. The normalized spacial score (nSPS) is 23.2. The predicted octanol–water partition coefficient (Wildman–Crippen LogP) is 1.89. The third kappa shape index (κ3) is 3.91. The number of nitrogens with zero attached hydrogens (tertiary/aromatic N) is 3. The highest BCUT2D eigenvalue weighted by molar-refractivity contribution is 5.98. The summed E-state index contributed by atoms with van der Waals surface area (Å²) in [6, 6.07) is 6.15. The third-order valence-corrected chi connectivity index (χ3v) is 6.41. The maximum atomic E-state index is 13.3. The van der Waals surface area contributed by atoms with Crippen molar-refractivity contribution in [3.63, 3.8) is 0 Å². The summed E-state index contributed by atoms with van der Waals surface area (Å²) in [6.07, 6.45) is 3.22. The van der Waals surface area contributed by atoms with Gasteiger partial charge in [-0.05, 0) is 49.9 Å². The van der Waals surface area contributed by atoms with Gasteiger partial charge in [-0.1, -0.05) is 0 Å². The summed E-state index contributed by atoms with van der Waals surface area (Å²) in [5.74, 6) is -0.0176. The summed E-state index contributed by atoms with van der Waals surface area (Å²) in [4.78, 5) is 31.8. The SMILES string of the molecule is O=C(CN1CCOCC1)N1CCC2(CCCN(c3ccc(F)cc3)C2=O)CC1. The van der Waals surface area contributed by atoms with Gasteiger partial charge in [0.2, 0.25) is 11.8 Å². The molecule has 28 heavy (non-hydrogen) atoms. The number of anilines is 1. The Morgan fingerprint density at radius 3 is 2.36 bits per heavy atom. The molecule has 3 heterocycles. The lowest BCUT2D eigenvalue weighted by molar-refractivity contribution is -0.141. The molecular weight excluding hydrogens is 361 g/mol. The molecule has 1 spiro atoms. The van der Waals surface area contributed by atoms with Gasteiger partial charge in [-0.2, -0.15) is 0 Å². The minimum atomic E-state index is -0.387. The van der Waals surface area contributed by atoms with E-state index in [1.54, 1.807) is 17.0 Å². The van der Waals surface area contributed by atoms with Crippen LogP contribution >= 0.6 is 0 Å². The van der Waals surface area contributed by atoms with E-state index in [4.69, 9.17) is 4.74 Å². The molecule has 3 aliphatic heterocycles. The van der Waals surface area contributed by atoms with Gasteiger partial charge in [-0.3, -0.25) is 14.5 Å². The van der Waals surface area contributed by atoms with E-state index in [1.807, 2.05) is 4.90 Å². The molecule has 3 saturated heterocycles. The Hall–Kier alpha value is -1.99. The number of amides is 2. The minimum Gasteiger partial charge on any atom is -0.379 e. The molecule has 0 radical (unpaired) electrons. The molecule has 3 fully saturated rings. The first-order valence-electron chi connectivity index (χ1n) is 10.2. The van der Waals surface area contributed by atoms with Crippen molar-refractivity contribution < 1.29 is 18.7 Å². The van der Waals surface area contributed by atoms with Crippen LogP contribution in [0.2, 0.25) is 0 Å². The first kappa shape index (κ1) is 19.3. The summed E-state index contributed by atoms with van der Waals surface area (Å²) >= 11 is 0. The van der Waals surface area contributed by atoms with Crippen molar-refractivity contribution in [3.8, 4) is 0 Å². The fourth-order valence-electron chi connectivity index (χ4n) is 4.64. The van der Waals surface area contributed by atoms with Crippen LogP contribution in [0.15, 0.2) is 24.3 Å². The first-order chi connectivity index (χ1) is 13.6. The second-order valence-corrected chi connectivity index (χ2v) is 8.09. The van der Waals surface area contributed by atoms with Gasteiger partial charge in [0.15, 0.2) is 0 Å². The van der Waals surface area contributed by atoms with Crippen LogP contribution in [0.3, 0.4) is 0 Å². The molecule has 0 bridgehead atoms. The molecular formula is C21H28FN3O3. The lowest BCUT2D eigenvalue weighted by Crippen LogP contribution is -2.55. The molecule has 6 nitrogen and oxygen atoms in total. The fraction of sp³-hybridized carbons (Fsp3) is 0.619. The Balaban J connectivity index is 1.37. The van der Waals surface area contributed by atoms with Gasteiger partial charge in [-0.15, -0.1) is 0 Å². The standard InChI is InChI=1S/C21H28FN3O3/c22-17-2-4-18(5-3-17)25-9-1-6-21(20(25)27)7-10-24(11-8-21)19(26)16-23-12-14-28-15-13-23/h2-5H,1,6-16H2. The minimum absolute atomic E-state index is 0.130. The van der Waals surface area contributed by atoms with E-state index >= 15 is 0 Å². The van der Waals surface area contributed by atoms with Crippen molar-refractivity contribution in [1.29, 1.82) is 0 Å². The zero-order chi connectivity index (χ0) is 19.6. The number of halogens is 1. The number of likely N-dealkylation sites (tertiary alicyclic amines) is 1. The Labute approximate surface area is 165 Å². The number of ether oxygens (including phenoxy) is 1. The van der Waals surface area contributed by atoms with E-state index in [2.05, 4.69) is 4.90 Å². The molecule has 2 amide bonds. The second kappa shape index (κ2) is 8.17. The summed E-state index contributed by atoms with van der Waals surface area (Å²) in [5, 5.41) is 0. The van der Waals surface area contributed by atoms with Gasteiger partial charge >= 0.3 is 0 Å². The van der Waals surface area contributed by atoms with E-state index in [-0.39, 0.29) is 23.0 Å². The number of rotatable bonds is 3. The maximum absolute atomic E-state index is 13.3. The molecule has 0 N–H and O–H groups in total. The molecule has 3 aliphatic rings. The van der Waals surface area contributed by atoms with Gasteiger partial charge in [0.1, 0.15) is 5.82 Å². The molecule has 4 rings (SSSR count). The van der Waals surface area contributed by atoms with Crippen molar-refractivity contribution in [3.05, 3.63) is 30.1 Å². The highest BCUT2D eigenvalue weighted by Gasteiger charge is 2.46. The molecule has 152 valence electrons. The van der Waals surface area contributed by atoms with Crippen LogP contribution in [0.4, 0.5) is 10.1 Å². The summed E-state index contributed by atoms with van der Waals surface area (Å²) in [7, 11) is 0. The van der Waals surface area contributed by atoms with Gasteiger partial charge in [0.05, 0.1) is 25.2 Å². The number of carbonyl (C=O) groups excluding carboxylic acids is 2. The zero-order valence-electron chi connectivity index (χ0n) is 16.2. The van der Waals surface area contributed by atoms with E-state index in [1.165, 1.54) is 12.1 Å². The van der Waals surface area contributed by atoms with Crippen LogP contribution in [0, 0.1) is 11.2 Å². The molecule has 1 aromatic rings. The van der Waals surface area contributed by atoms with E-state index in [9.17, 15) is 14.0 Å². The number of morpholine rings is 1. The molecule has 7 heteroatoms. The second-order valence-electron chi connectivity index (χ2n) is 8.09. The molecule has 0 atom stereocenters. The van der Waals surface area contributed by atoms with Crippen LogP contribution in [-0.2, 0) is 14.3 Å². The lowest BCUT2D eigenvalue weighted by atomic mass is 9.71. The monoisotopic (exact) mass is 389 g/mol. The summed E-state index contributed by atoms with van der Waals surface area (Å²) < 4.78 is 18.6. The maximum Gasteiger partial charge on any atom is 0.236 e. The van der Waals surface area contributed by atoms with E-state index < -0.39 is 0 Å². The zero-order valence-corrected chi connectivity index (χ0v) is 16.2. The van der Waals surface area contributed by atoms with E-state index in [0.717, 1.165) is 31.6 Å². The van der Waals surface area contributed by atoms with Crippen LogP contribution in [0.1, 0.15) is 25.7 Å². The third-order valence-electron chi connectivity index (χ3n) is 6.41. The number of hydrogen-bond acceptors (Lipinski definition) is 4. The Morgan fingerprint density at radius 1 is 1.00 bits per heavy atom. The van der Waals surface area contributed by atoms with Crippen molar-refractivity contribution in [2.75, 3.05) is 57.4 Å². The topological polar surface area (TPSA) is 53.1 Å². The van der Waals surface area contributed by atoms with Gasteiger partial charge in [0, 0.05) is 38.4 Å². The molecule has 0 unspecified atom stereocenters. The summed E-state index contributed by atoms with van der Waals surface area (Å²) in [6.45, 7) is 5.34. The summed E-state index contributed by atoms with van der Waals surface area (Å²) in [5.41, 5.74) is 0.374. The van der Waals surface area contributed by atoms with Gasteiger partial charge < -0.3 is 14.5 Å². The predicted molar refractivity (Wildman–Crippen MR) is 103 cm³/mol. The largest absolute Gasteiger partial charge is 0.379 e. The average molecular weight is 389 g/mol. The van der Waals surface area contributed by atoms with Crippen LogP contribution in [-0.4, -0.2) is 74.1 Å². The van der Waals surface area contributed by atoms with Gasteiger partial charge in [0.25, 0.3) is 0 Å². The van der Waals surface area contributed by atoms with Crippen LogP contribution in [0.25, 0.3) is 0 Å². The van der Waals surface area contributed by atoms with E-state index in [0.29, 0.717) is 52.2 Å². The lowest BCUT2D eigenvalue weighted by Gasteiger charge is -2.46. The van der Waals surface area contributed by atoms with Crippen LogP contribution < -0.4 is 4.90 Å². The van der Waals surface area contributed by atoms with Crippen molar-refractivity contribution in [1.82, 2.24) is 9.80 Å². The average Bonchev–Trinajstić information content (AvgIpc) is 2.72. The molecule has 1 aromatic carbocycles. The molecule has 0 aromatic heterocycles. The highest BCUT2D eigenvalue weighted by atomic mass is 19.1. The Bertz CT molecular complexity index is 710. The van der Waals surface area contributed by atoms with Crippen molar-refractivity contribution in [2.45, 2.75) is 25.7 Å². The van der Waals surface area contributed by atoms with Gasteiger partial charge in [-0.25, -0.2) is 4.39 Å². The number of carbonyl (C=O) groups is 2. The Morgan fingerprint density at radius 2 is 1.68 bits per heavy atom. The quantitative estimate of drug-likeness (QED) is 0.792. The molecule has 0 saturated carbocycles. The van der Waals surface area contributed by atoms with Crippen molar-refractivity contribution in [2.24, 2.45) is 5.41 Å². The van der Waals surface area contributed by atoms with Crippen molar-refractivity contribution >= 4 is 17.5 Å². The van der Waals surface area contributed by atoms with Crippen LogP contribution in [0.5, 0.6) is 0 Å². The number of benzene rings is 1.